The normalized spacial score (nSPS) is 11.9. The Balaban J connectivity index is 1.41. The zero-order chi connectivity index (χ0) is 20.2. The Hall–Kier alpha value is -3.81. The molecule has 1 aromatic carbocycles. The second-order valence-corrected chi connectivity index (χ2v) is 6.53. The van der Waals surface area contributed by atoms with Crippen molar-refractivity contribution in [2.24, 2.45) is 0 Å². The van der Waals surface area contributed by atoms with Crippen molar-refractivity contribution in [1.29, 1.82) is 0 Å². The fourth-order valence-corrected chi connectivity index (χ4v) is 2.81. The number of hydrogen-bond donors (Lipinski definition) is 1. The number of oxazole rings is 1. The van der Waals surface area contributed by atoms with Gasteiger partial charge in [-0.05, 0) is 38.1 Å². The summed E-state index contributed by atoms with van der Waals surface area (Å²) in [5, 5.41) is 6.77. The number of hydrogen-bond acceptors (Lipinski definition) is 7. The van der Waals surface area contributed by atoms with Gasteiger partial charge in [0.2, 0.25) is 23.5 Å². The molecule has 146 valence electrons. The highest BCUT2D eigenvalue weighted by Crippen LogP contribution is 2.22. The Morgan fingerprint density at radius 2 is 1.90 bits per heavy atom. The summed E-state index contributed by atoms with van der Waals surface area (Å²) >= 11 is 0. The molecule has 3 aromatic heterocycles. The Kier molecular flexibility index (Phi) is 5.15. The number of aryl methyl sites for hydroxylation is 1. The summed E-state index contributed by atoms with van der Waals surface area (Å²) in [7, 11) is 0. The lowest BCUT2D eigenvalue weighted by molar-refractivity contribution is -0.121. The molecule has 8 heteroatoms. The number of pyridine rings is 1. The van der Waals surface area contributed by atoms with Crippen molar-refractivity contribution in [3.63, 3.8) is 0 Å². The summed E-state index contributed by atoms with van der Waals surface area (Å²) in [5.74, 6) is 1.58. The summed E-state index contributed by atoms with van der Waals surface area (Å²) < 4.78 is 11.0. The van der Waals surface area contributed by atoms with Crippen LogP contribution < -0.4 is 5.32 Å². The van der Waals surface area contributed by atoms with Gasteiger partial charge in [0.1, 0.15) is 17.5 Å². The SMILES string of the molecule is Cc1oc(-c2ccccc2)nc1CC(=O)N[C@@H](C)c1nc(-c2ccccn2)no1. The van der Waals surface area contributed by atoms with Crippen LogP contribution in [-0.2, 0) is 11.2 Å². The van der Waals surface area contributed by atoms with Gasteiger partial charge in [-0.25, -0.2) is 4.98 Å². The molecule has 1 atom stereocenters. The molecule has 29 heavy (non-hydrogen) atoms. The number of benzene rings is 1. The first kappa shape index (κ1) is 18.5. The van der Waals surface area contributed by atoms with Crippen molar-refractivity contribution < 1.29 is 13.7 Å². The molecular weight excluding hydrogens is 370 g/mol. The summed E-state index contributed by atoms with van der Waals surface area (Å²) in [4.78, 5) is 25.4. The second-order valence-electron chi connectivity index (χ2n) is 6.53. The van der Waals surface area contributed by atoms with E-state index in [1.807, 2.05) is 42.5 Å². The van der Waals surface area contributed by atoms with Crippen molar-refractivity contribution in [3.05, 3.63) is 72.1 Å². The van der Waals surface area contributed by atoms with Crippen LogP contribution >= 0.6 is 0 Å². The fraction of sp³-hybridized carbons (Fsp3) is 0.190. The lowest BCUT2D eigenvalue weighted by Gasteiger charge is -2.08. The van der Waals surface area contributed by atoms with Crippen molar-refractivity contribution in [3.8, 4) is 23.0 Å². The third-order valence-electron chi connectivity index (χ3n) is 4.33. The number of amides is 1. The number of nitrogens with zero attached hydrogens (tertiary/aromatic N) is 4. The number of carbonyl (C=O) groups is 1. The number of rotatable bonds is 6. The first-order valence-electron chi connectivity index (χ1n) is 9.16. The van der Waals surface area contributed by atoms with Crippen LogP contribution in [-0.4, -0.2) is 26.0 Å². The van der Waals surface area contributed by atoms with Gasteiger partial charge in [-0.2, -0.15) is 4.98 Å². The number of aromatic nitrogens is 4. The largest absolute Gasteiger partial charge is 0.441 e. The quantitative estimate of drug-likeness (QED) is 0.538. The Morgan fingerprint density at radius 1 is 1.10 bits per heavy atom. The van der Waals surface area contributed by atoms with Crippen LogP contribution in [0.1, 0.15) is 30.3 Å². The third-order valence-corrected chi connectivity index (χ3v) is 4.33. The molecule has 0 unspecified atom stereocenters. The van der Waals surface area contributed by atoms with Gasteiger partial charge >= 0.3 is 0 Å². The lowest BCUT2D eigenvalue weighted by atomic mass is 10.2. The minimum atomic E-state index is -0.451. The Labute approximate surface area is 167 Å². The average Bonchev–Trinajstić information content (AvgIpc) is 3.37. The van der Waals surface area contributed by atoms with Gasteiger partial charge in [-0.1, -0.05) is 29.4 Å². The highest BCUT2D eigenvalue weighted by Gasteiger charge is 2.20. The number of nitrogens with one attached hydrogen (secondary N) is 1. The molecule has 8 nitrogen and oxygen atoms in total. The van der Waals surface area contributed by atoms with Crippen LogP contribution in [0.3, 0.4) is 0 Å². The van der Waals surface area contributed by atoms with Gasteiger partial charge in [0.05, 0.1) is 12.1 Å². The molecule has 1 N–H and O–H groups in total. The van der Waals surface area contributed by atoms with Crippen molar-refractivity contribution in [2.45, 2.75) is 26.3 Å². The first-order valence-corrected chi connectivity index (χ1v) is 9.16. The van der Waals surface area contributed by atoms with E-state index in [1.54, 1.807) is 26.1 Å². The minimum absolute atomic E-state index is 0.0910. The molecule has 3 heterocycles. The van der Waals surface area contributed by atoms with Gasteiger partial charge in [-0.3, -0.25) is 9.78 Å². The van der Waals surface area contributed by atoms with E-state index in [-0.39, 0.29) is 12.3 Å². The molecule has 0 bridgehead atoms. The summed E-state index contributed by atoms with van der Waals surface area (Å²) in [6.45, 7) is 3.57. The van der Waals surface area contributed by atoms with Crippen LogP contribution in [0.5, 0.6) is 0 Å². The van der Waals surface area contributed by atoms with Gasteiger partial charge in [-0.15, -0.1) is 0 Å². The van der Waals surface area contributed by atoms with Gasteiger partial charge in [0, 0.05) is 11.8 Å². The van der Waals surface area contributed by atoms with Crippen molar-refractivity contribution >= 4 is 5.91 Å². The highest BCUT2D eigenvalue weighted by molar-refractivity contribution is 5.78. The number of carbonyl (C=O) groups excluding carboxylic acids is 1. The van der Waals surface area contributed by atoms with E-state index in [4.69, 9.17) is 8.94 Å². The average molecular weight is 389 g/mol. The topological polar surface area (TPSA) is 107 Å². The first-order chi connectivity index (χ1) is 14.1. The smallest absolute Gasteiger partial charge is 0.249 e. The van der Waals surface area contributed by atoms with Crippen LogP contribution in [0.2, 0.25) is 0 Å². The molecule has 0 aliphatic carbocycles. The standard InChI is InChI=1S/C21H19N5O3/c1-13(20-25-19(26-29-20)16-10-6-7-11-22-16)23-18(27)12-17-14(2)28-21(24-17)15-8-4-3-5-9-15/h3-11,13H,12H2,1-2H3,(H,23,27)/t13-/m0/s1. The van der Waals surface area contributed by atoms with Crippen LogP contribution in [0.4, 0.5) is 0 Å². The van der Waals surface area contributed by atoms with Crippen molar-refractivity contribution in [1.82, 2.24) is 25.4 Å². The van der Waals surface area contributed by atoms with Gasteiger partial charge < -0.3 is 14.3 Å². The molecule has 4 rings (SSSR count). The van der Waals surface area contributed by atoms with Gasteiger partial charge in [0.15, 0.2) is 0 Å². The van der Waals surface area contributed by atoms with Crippen LogP contribution in [0.15, 0.2) is 63.7 Å². The van der Waals surface area contributed by atoms with E-state index in [0.717, 1.165) is 5.56 Å². The summed E-state index contributed by atoms with van der Waals surface area (Å²) in [6, 6.07) is 14.5. The maximum Gasteiger partial charge on any atom is 0.249 e. The van der Waals surface area contributed by atoms with E-state index in [9.17, 15) is 4.79 Å². The van der Waals surface area contributed by atoms with Crippen LogP contribution in [0, 0.1) is 6.92 Å². The molecule has 0 aliphatic heterocycles. The summed E-state index contributed by atoms with van der Waals surface area (Å²) in [5.41, 5.74) is 2.06. The zero-order valence-corrected chi connectivity index (χ0v) is 16.0. The van der Waals surface area contributed by atoms with E-state index in [2.05, 4.69) is 25.4 Å². The van der Waals surface area contributed by atoms with Gasteiger partial charge in [0.25, 0.3) is 0 Å². The zero-order valence-electron chi connectivity index (χ0n) is 16.0. The lowest BCUT2D eigenvalue weighted by Crippen LogP contribution is -2.28. The monoisotopic (exact) mass is 389 g/mol. The fourth-order valence-electron chi connectivity index (χ4n) is 2.81. The maximum absolute atomic E-state index is 12.5. The Bertz CT molecular complexity index is 1110. The van der Waals surface area contributed by atoms with E-state index in [1.165, 1.54) is 0 Å². The third kappa shape index (κ3) is 4.21. The molecule has 0 radical (unpaired) electrons. The minimum Gasteiger partial charge on any atom is -0.441 e. The predicted octanol–water partition coefficient (Wildman–Crippen LogP) is 3.51. The Morgan fingerprint density at radius 3 is 2.66 bits per heavy atom. The molecule has 4 aromatic rings. The maximum atomic E-state index is 12.5. The van der Waals surface area contributed by atoms with E-state index < -0.39 is 6.04 Å². The molecule has 0 fully saturated rings. The molecule has 1 amide bonds. The van der Waals surface area contributed by atoms with Crippen molar-refractivity contribution in [2.75, 3.05) is 0 Å². The summed E-state index contributed by atoms with van der Waals surface area (Å²) in [6.07, 6.45) is 1.74. The molecule has 0 saturated carbocycles. The molecule has 0 saturated heterocycles. The molecular formula is C21H19N5O3. The molecule has 0 spiro atoms. The second kappa shape index (κ2) is 8.05. The highest BCUT2D eigenvalue weighted by atomic mass is 16.5. The van der Waals surface area contributed by atoms with Crippen LogP contribution in [0.25, 0.3) is 23.0 Å². The molecule has 0 aliphatic rings. The predicted molar refractivity (Wildman–Crippen MR) is 104 cm³/mol. The van der Waals surface area contributed by atoms with E-state index in [0.29, 0.717) is 34.8 Å². The van der Waals surface area contributed by atoms with E-state index >= 15 is 0 Å².